The number of hydrazine groups is 1. The molecule has 8 nitrogen and oxygen atoms in total. The fourth-order valence-corrected chi connectivity index (χ4v) is 2.68. The normalized spacial score (nSPS) is 10.7. The Morgan fingerprint density at radius 2 is 1.71 bits per heavy atom. The summed E-state index contributed by atoms with van der Waals surface area (Å²) in [7, 11) is 2.99. The minimum Gasteiger partial charge on any atom is -0.493 e. The summed E-state index contributed by atoms with van der Waals surface area (Å²) < 4.78 is 10.4. The van der Waals surface area contributed by atoms with Crippen molar-refractivity contribution in [1.29, 1.82) is 0 Å². The van der Waals surface area contributed by atoms with Gasteiger partial charge in [0.25, 0.3) is 11.8 Å². The van der Waals surface area contributed by atoms with E-state index >= 15 is 0 Å². The van der Waals surface area contributed by atoms with Gasteiger partial charge in [0.15, 0.2) is 11.5 Å². The van der Waals surface area contributed by atoms with Gasteiger partial charge in [-0.3, -0.25) is 25.4 Å². The van der Waals surface area contributed by atoms with E-state index in [1.54, 1.807) is 48.8 Å². The Labute approximate surface area is 179 Å². The van der Waals surface area contributed by atoms with E-state index < -0.39 is 11.8 Å². The number of ether oxygens (including phenoxy) is 2. The molecule has 158 valence electrons. The van der Waals surface area contributed by atoms with Crippen molar-refractivity contribution < 1.29 is 19.1 Å². The lowest BCUT2D eigenvalue weighted by atomic mass is 10.1. The van der Waals surface area contributed by atoms with Gasteiger partial charge < -0.3 is 14.8 Å². The van der Waals surface area contributed by atoms with Gasteiger partial charge in [-0.2, -0.15) is 0 Å². The highest BCUT2D eigenvalue weighted by molar-refractivity contribution is 6.05. The largest absolute Gasteiger partial charge is 0.493 e. The van der Waals surface area contributed by atoms with Crippen molar-refractivity contribution in [3.05, 3.63) is 89.9 Å². The summed E-state index contributed by atoms with van der Waals surface area (Å²) in [5.41, 5.74) is 7.09. The van der Waals surface area contributed by atoms with Crippen LogP contribution in [0.1, 0.15) is 15.9 Å². The van der Waals surface area contributed by atoms with Gasteiger partial charge in [0.05, 0.1) is 19.9 Å². The monoisotopic (exact) mass is 418 g/mol. The van der Waals surface area contributed by atoms with Gasteiger partial charge in [0, 0.05) is 18.0 Å². The van der Waals surface area contributed by atoms with E-state index in [0.717, 1.165) is 0 Å². The first-order valence-corrected chi connectivity index (χ1v) is 9.37. The van der Waals surface area contributed by atoms with Crippen LogP contribution in [0.5, 0.6) is 11.5 Å². The Morgan fingerprint density at radius 1 is 0.935 bits per heavy atom. The molecule has 0 aliphatic rings. The molecule has 3 N–H and O–H groups in total. The summed E-state index contributed by atoms with van der Waals surface area (Å²) in [5, 5.41) is 2.65. The highest BCUT2D eigenvalue weighted by Crippen LogP contribution is 2.27. The van der Waals surface area contributed by atoms with Crippen molar-refractivity contribution in [3.8, 4) is 11.5 Å². The van der Waals surface area contributed by atoms with Crippen LogP contribution in [0, 0.1) is 0 Å². The summed E-state index contributed by atoms with van der Waals surface area (Å²) >= 11 is 0. The number of rotatable bonds is 8. The highest BCUT2D eigenvalue weighted by atomic mass is 16.5. The summed E-state index contributed by atoms with van der Waals surface area (Å²) in [5.74, 6) is -0.106. The van der Waals surface area contributed by atoms with Crippen LogP contribution in [0.3, 0.4) is 0 Å². The van der Waals surface area contributed by atoms with Gasteiger partial charge >= 0.3 is 0 Å². The van der Waals surface area contributed by atoms with Gasteiger partial charge in [0.1, 0.15) is 5.70 Å². The van der Waals surface area contributed by atoms with Crippen molar-refractivity contribution >= 4 is 23.6 Å². The molecule has 0 bridgehead atoms. The number of nitrogens with one attached hydrogen (secondary N) is 3. The topological polar surface area (TPSA) is 102 Å². The molecule has 1 heterocycles. The quantitative estimate of drug-likeness (QED) is 0.384. The first-order chi connectivity index (χ1) is 15.1. The highest BCUT2D eigenvalue weighted by Gasteiger charge is 2.16. The molecule has 0 aliphatic heterocycles. The van der Waals surface area contributed by atoms with Crippen LogP contribution < -0.4 is 25.6 Å². The van der Waals surface area contributed by atoms with Gasteiger partial charge in [-0.1, -0.05) is 24.3 Å². The van der Waals surface area contributed by atoms with Crippen molar-refractivity contribution in [2.45, 2.75) is 0 Å². The van der Waals surface area contributed by atoms with Crippen molar-refractivity contribution in [1.82, 2.24) is 15.7 Å². The number of aromatic nitrogens is 1. The van der Waals surface area contributed by atoms with Crippen LogP contribution in [0.25, 0.3) is 6.08 Å². The molecule has 0 spiro atoms. The molecule has 8 heteroatoms. The summed E-state index contributed by atoms with van der Waals surface area (Å²) in [6, 6.07) is 17.4. The minimum atomic E-state index is -0.526. The van der Waals surface area contributed by atoms with Gasteiger partial charge in [-0.05, 0) is 48.0 Å². The maximum Gasteiger partial charge on any atom is 0.286 e. The van der Waals surface area contributed by atoms with Crippen molar-refractivity contribution in [2.75, 3.05) is 19.6 Å². The van der Waals surface area contributed by atoms with Crippen LogP contribution in [0.2, 0.25) is 0 Å². The molecule has 0 radical (unpaired) electrons. The van der Waals surface area contributed by atoms with E-state index in [0.29, 0.717) is 28.3 Å². The summed E-state index contributed by atoms with van der Waals surface area (Å²) in [6.07, 6.45) is 4.74. The number of nitrogens with zero attached hydrogens (tertiary/aromatic N) is 1. The SMILES string of the molecule is COc1ccc(C(=O)NC(=Cc2cccnc2)C(=O)NNc2ccccc2)cc1OC. The number of methoxy groups -OCH3 is 2. The number of carbonyl (C=O) groups is 2. The van der Waals surface area contributed by atoms with Crippen LogP contribution in [0.4, 0.5) is 5.69 Å². The Bertz CT molecular complexity index is 1070. The number of hydrogen-bond acceptors (Lipinski definition) is 6. The number of pyridine rings is 1. The minimum absolute atomic E-state index is 0.0382. The zero-order valence-electron chi connectivity index (χ0n) is 17.1. The van der Waals surface area contributed by atoms with E-state index in [9.17, 15) is 9.59 Å². The van der Waals surface area contributed by atoms with Gasteiger partial charge in [0.2, 0.25) is 0 Å². The summed E-state index contributed by atoms with van der Waals surface area (Å²) in [4.78, 5) is 29.7. The van der Waals surface area contributed by atoms with Crippen molar-refractivity contribution in [3.63, 3.8) is 0 Å². The van der Waals surface area contributed by atoms with E-state index in [1.807, 2.05) is 18.2 Å². The smallest absolute Gasteiger partial charge is 0.286 e. The second-order valence-corrected chi connectivity index (χ2v) is 6.31. The lowest BCUT2D eigenvalue weighted by Gasteiger charge is -2.13. The molecule has 0 aliphatic carbocycles. The number of benzene rings is 2. The van der Waals surface area contributed by atoms with Gasteiger partial charge in [-0.25, -0.2) is 0 Å². The average Bonchev–Trinajstić information content (AvgIpc) is 2.82. The molecule has 3 rings (SSSR count). The first kappa shape index (κ1) is 21.4. The molecule has 2 aromatic carbocycles. The Balaban J connectivity index is 1.82. The molecule has 3 aromatic rings. The number of anilines is 1. The van der Waals surface area contributed by atoms with Crippen molar-refractivity contribution in [2.24, 2.45) is 0 Å². The molecule has 31 heavy (non-hydrogen) atoms. The van der Waals surface area contributed by atoms with Gasteiger partial charge in [-0.15, -0.1) is 0 Å². The maximum atomic E-state index is 12.8. The van der Waals surface area contributed by atoms with Crippen LogP contribution in [-0.2, 0) is 4.79 Å². The molecule has 0 fully saturated rings. The fourth-order valence-electron chi connectivity index (χ4n) is 2.68. The maximum absolute atomic E-state index is 12.8. The summed E-state index contributed by atoms with van der Waals surface area (Å²) in [6.45, 7) is 0. The predicted octanol–water partition coefficient (Wildman–Crippen LogP) is 3.01. The Morgan fingerprint density at radius 3 is 2.39 bits per heavy atom. The number of hydrogen-bond donors (Lipinski definition) is 3. The third-order valence-electron chi connectivity index (χ3n) is 4.23. The van der Waals surface area contributed by atoms with E-state index in [4.69, 9.17) is 9.47 Å². The molecule has 0 atom stereocenters. The van der Waals surface area contributed by atoms with E-state index in [2.05, 4.69) is 21.2 Å². The molecule has 0 saturated carbocycles. The second-order valence-electron chi connectivity index (χ2n) is 6.31. The molecular weight excluding hydrogens is 396 g/mol. The van der Waals surface area contributed by atoms with Crippen LogP contribution >= 0.6 is 0 Å². The average molecular weight is 418 g/mol. The Kier molecular flexibility index (Phi) is 7.21. The number of amides is 2. The molecule has 0 unspecified atom stereocenters. The first-order valence-electron chi connectivity index (χ1n) is 9.37. The predicted molar refractivity (Wildman–Crippen MR) is 117 cm³/mol. The zero-order chi connectivity index (χ0) is 22.1. The third-order valence-corrected chi connectivity index (χ3v) is 4.23. The number of para-hydroxylation sites is 1. The number of carbonyl (C=O) groups excluding carboxylic acids is 2. The standard InChI is InChI=1S/C23H22N4O4/c1-30-20-11-10-17(14-21(20)31-2)22(28)25-19(13-16-7-6-12-24-15-16)23(29)27-26-18-8-4-3-5-9-18/h3-15,26H,1-2H3,(H,25,28)(H,27,29). The molecular formula is C23H22N4O4. The molecule has 0 saturated heterocycles. The Hall–Kier alpha value is -4.33. The zero-order valence-corrected chi connectivity index (χ0v) is 17.1. The third kappa shape index (κ3) is 5.83. The van der Waals surface area contributed by atoms with E-state index in [1.165, 1.54) is 26.4 Å². The molecule has 2 amide bonds. The fraction of sp³-hybridized carbons (Fsp3) is 0.0870. The second kappa shape index (κ2) is 10.4. The van der Waals surface area contributed by atoms with Crippen LogP contribution in [0.15, 0.2) is 78.8 Å². The lowest BCUT2D eigenvalue weighted by Crippen LogP contribution is -2.37. The lowest BCUT2D eigenvalue weighted by molar-refractivity contribution is -0.117. The van der Waals surface area contributed by atoms with E-state index in [-0.39, 0.29) is 5.70 Å². The van der Waals surface area contributed by atoms with Crippen LogP contribution in [-0.4, -0.2) is 31.0 Å². The molecule has 1 aromatic heterocycles.